The quantitative estimate of drug-likeness (QED) is 0.142. The Hall–Kier alpha value is -9.20. The first-order valence-corrected chi connectivity index (χ1v) is 27.0. The molecule has 80 heavy (non-hydrogen) atoms. The number of rotatable bonds is 8. The van der Waals surface area contributed by atoms with Gasteiger partial charge in [0.1, 0.15) is 11.5 Å². The summed E-state index contributed by atoms with van der Waals surface area (Å²) in [5.74, 6) is 4.42. The molecule has 1 aliphatic heterocycles. The Morgan fingerprint density at radius 1 is 0.338 bits per heavy atom. The van der Waals surface area contributed by atoms with Crippen LogP contribution in [0.4, 0.5) is 0 Å². The maximum absolute atomic E-state index is 9.84. The second-order valence-corrected chi connectivity index (χ2v) is 21.1. The van der Waals surface area contributed by atoms with Gasteiger partial charge in [-0.15, -0.1) is 0 Å². The lowest BCUT2D eigenvalue weighted by molar-refractivity contribution is 0.00578. The normalized spacial score (nSPS) is 13.2. The lowest BCUT2D eigenvalue weighted by Crippen LogP contribution is -2.41. The molecule has 0 radical (unpaired) electrons. The third-order valence-electron chi connectivity index (χ3n) is 14.2. The van der Waals surface area contributed by atoms with E-state index in [-0.39, 0.29) is 17.0 Å². The van der Waals surface area contributed by atoms with Crippen LogP contribution in [-0.2, 0) is 9.31 Å². The fourth-order valence-corrected chi connectivity index (χ4v) is 9.71. The number of hydrogen-bond acceptors (Lipinski definition) is 10. The van der Waals surface area contributed by atoms with Gasteiger partial charge in [-0.3, -0.25) is 0 Å². The minimum absolute atomic E-state index is 0.267. The molecule has 390 valence electrons. The number of halogens is 1. The van der Waals surface area contributed by atoms with Crippen molar-refractivity contribution in [2.45, 2.75) is 38.9 Å². The zero-order chi connectivity index (χ0) is 55.2. The van der Waals surface area contributed by atoms with Crippen LogP contribution in [0.1, 0.15) is 27.7 Å². The van der Waals surface area contributed by atoms with Crippen LogP contribution in [0, 0.1) is 0 Å². The number of phenols is 2. The number of phenolic OH excluding ortho intramolecular Hbond substituents is 2. The maximum atomic E-state index is 9.84. The molecule has 10 nitrogen and oxygen atoms in total. The first-order chi connectivity index (χ1) is 38.8. The molecule has 0 amide bonds. The minimum Gasteiger partial charge on any atom is -0.508 e. The van der Waals surface area contributed by atoms with Crippen LogP contribution >= 0.6 is 15.9 Å². The Balaban J connectivity index is 0.000000140. The predicted molar refractivity (Wildman–Crippen MR) is 326 cm³/mol. The van der Waals surface area contributed by atoms with Crippen LogP contribution in [0.3, 0.4) is 0 Å². The van der Waals surface area contributed by atoms with Crippen LogP contribution in [0.25, 0.3) is 101 Å². The fourth-order valence-electron chi connectivity index (χ4n) is 9.20. The van der Waals surface area contributed by atoms with E-state index in [0.717, 1.165) is 76.0 Å². The molecule has 0 spiro atoms. The average Bonchev–Trinajstić information content (AvgIpc) is 3.75. The monoisotopic (exact) mass is 1110 g/mol. The molecule has 0 bridgehead atoms. The second-order valence-electron chi connectivity index (χ2n) is 20.2. The van der Waals surface area contributed by atoms with Gasteiger partial charge in [0, 0.05) is 37.9 Å². The Morgan fingerprint density at radius 3 is 1.06 bits per heavy atom. The molecule has 2 N–H and O–H groups in total. The number of nitrogens with zero attached hydrogens (tertiary/aromatic N) is 6. The Bertz CT molecular complexity index is 3970. The van der Waals surface area contributed by atoms with E-state index in [1.165, 1.54) is 0 Å². The Labute approximate surface area is 473 Å². The van der Waals surface area contributed by atoms with Crippen molar-refractivity contribution in [1.29, 1.82) is 0 Å². The summed E-state index contributed by atoms with van der Waals surface area (Å²) in [4.78, 5) is 28.7. The highest BCUT2D eigenvalue weighted by Crippen LogP contribution is 2.37. The number of fused-ring (bicyclic) bond motifs is 2. The molecule has 2 aromatic heterocycles. The van der Waals surface area contributed by atoms with Crippen molar-refractivity contribution in [3.63, 3.8) is 0 Å². The molecule has 1 aliphatic rings. The topological polar surface area (TPSA) is 136 Å². The van der Waals surface area contributed by atoms with E-state index < -0.39 is 7.12 Å². The largest absolute Gasteiger partial charge is 0.508 e. The predicted octanol–water partition coefficient (Wildman–Crippen LogP) is 15.9. The molecule has 0 unspecified atom stereocenters. The van der Waals surface area contributed by atoms with Gasteiger partial charge in [-0.2, -0.15) is 0 Å². The van der Waals surface area contributed by atoms with Gasteiger partial charge >= 0.3 is 7.12 Å². The van der Waals surface area contributed by atoms with Crippen molar-refractivity contribution in [2.24, 2.45) is 0 Å². The lowest BCUT2D eigenvalue weighted by atomic mass is 9.79. The summed E-state index contributed by atoms with van der Waals surface area (Å²) in [6.45, 7) is 8.23. The van der Waals surface area contributed by atoms with Gasteiger partial charge in [-0.1, -0.05) is 222 Å². The molecular formula is C68H54BBrN6O4. The van der Waals surface area contributed by atoms with Gasteiger partial charge in [-0.05, 0) is 102 Å². The van der Waals surface area contributed by atoms with Crippen molar-refractivity contribution < 1.29 is 19.5 Å². The van der Waals surface area contributed by atoms with Gasteiger partial charge in [-0.25, -0.2) is 29.9 Å². The molecule has 0 saturated carbocycles. The molecule has 3 heterocycles. The van der Waals surface area contributed by atoms with E-state index >= 15 is 0 Å². The lowest BCUT2D eigenvalue weighted by Gasteiger charge is -2.32. The van der Waals surface area contributed by atoms with Gasteiger partial charge in [0.05, 0.1) is 11.2 Å². The molecule has 1 fully saturated rings. The van der Waals surface area contributed by atoms with Gasteiger partial charge in [0.15, 0.2) is 34.9 Å². The van der Waals surface area contributed by atoms with Crippen LogP contribution in [0.15, 0.2) is 247 Å². The average molecular weight is 1110 g/mol. The highest BCUT2D eigenvalue weighted by atomic mass is 79.9. The zero-order valence-electron chi connectivity index (χ0n) is 44.4. The second kappa shape index (κ2) is 23.0. The standard InChI is InChI=1S/C31H21N3O.C27H26BN3O2.C10H7BrO/c35-26-18-19-28-25(20-26)12-7-13-27(28)21-14-16-24(17-15-21)31-33-29(22-8-3-1-4-9-22)32-30(34-31)23-10-5-2-6-11-23;1-26(2)27(3,4)33-28(32-26)22-17-15-21(16-18-22)25-30-23(19-11-7-5-8-12-19)29-24(31-25)20-13-9-6-10-14-20;11-10-3-1-2-7-6-8(12)4-5-9(7)10/h1-20,35H;5-18H,1-4H3;1-6,12H. The minimum atomic E-state index is -0.401. The van der Waals surface area contributed by atoms with Gasteiger partial charge < -0.3 is 19.5 Å². The van der Waals surface area contributed by atoms with Crippen molar-refractivity contribution in [2.75, 3.05) is 0 Å². The highest BCUT2D eigenvalue weighted by Gasteiger charge is 2.51. The molecule has 12 heteroatoms. The molecule has 0 atom stereocenters. The molecular weight excluding hydrogens is 1060 g/mol. The highest BCUT2D eigenvalue weighted by molar-refractivity contribution is 9.10. The van der Waals surface area contributed by atoms with Crippen molar-refractivity contribution >= 4 is 50.1 Å². The third-order valence-corrected chi connectivity index (χ3v) is 14.9. The van der Waals surface area contributed by atoms with E-state index in [4.69, 9.17) is 39.2 Å². The number of hydrogen-bond donors (Lipinski definition) is 2. The maximum Gasteiger partial charge on any atom is 0.494 e. The third kappa shape index (κ3) is 11.8. The molecule has 12 aromatic rings. The Kier molecular flexibility index (Phi) is 15.2. The number of aromatic nitrogens is 6. The number of aromatic hydroxyl groups is 2. The van der Waals surface area contributed by atoms with Crippen LogP contribution in [0.5, 0.6) is 11.5 Å². The molecule has 10 aromatic carbocycles. The Morgan fingerprint density at radius 2 is 0.662 bits per heavy atom. The molecule has 0 aliphatic carbocycles. The SMILES string of the molecule is CC1(C)OB(c2ccc(-c3nc(-c4ccccc4)nc(-c4ccccc4)n3)cc2)OC1(C)C.Oc1ccc2c(-c3ccc(-c4nc(-c5ccccc5)nc(-c5ccccc5)n4)cc3)cccc2c1.Oc1ccc2c(Br)cccc2c1. The zero-order valence-corrected chi connectivity index (χ0v) is 46.0. The summed E-state index contributed by atoms with van der Waals surface area (Å²) in [7, 11) is -0.401. The van der Waals surface area contributed by atoms with Crippen LogP contribution in [-0.4, -0.2) is 58.4 Å². The summed E-state index contributed by atoms with van der Waals surface area (Å²) in [5.41, 5.74) is 8.05. The molecule has 13 rings (SSSR count). The summed E-state index contributed by atoms with van der Waals surface area (Å²) >= 11 is 3.44. The summed E-state index contributed by atoms with van der Waals surface area (Å²) in [6.07, 6.45) is 0. The van der Waals surface area contributed by atoms with Crippen molar-refractivity contribution in [3.05, 3.63) is 247 Å². The van der Waals surface area contributed by atoms with E-state index in [1.54, 1.807) is 24.3 Å². The van der Waals surface area contributed by atoms with E-state index in [9.17, 15) is 10.2 Å². The van der Waals surface area contributed by atoms with Crippen LogP contribution in [0.2, 0.25) is 0 Å². The first kappa shape index (κ1) is 52.8. The fraction of sp³-hybridized carbons (Fsp3) is 0.0882. The van der Waals surface area contributed by atoms with Crippen molar-refractivity contribution in [3.8, 4) is 91.0 Å². The first-order valence-electron chi connectivity index (χ1n) is 26.2. The smallest absolute Gasteiger partial charge is 0.494 e. The summed E-state index contributed by atoms with van der Waals surface area (Å²) < 4.78 is 13.4. The van der Waals surface area contributed by atoms with Gasteiger partial charge in [0.25, 0.3) is 0 Å². The van der Waals surface area contributed by atoms with Crippen molar-refractivity contribution in [1.82, 2.24) is 29.9 Å². The van der Waals surface area contributed by atoms with E-state index in [1.807, 2.05) is 200 Å². The molecule has 1 saturated heterocycles. The summed E-state index contributed by atoms with van der Waals surface area (Å²) in [5, 5.41) is 23.3. The number of benzene rings is 10. The van der Waals surface area contributed by atoms with E-state index in [0.29, 0.717) is 40.7 Å². The van der Waals surface area contributed by atoms with Gasteiger partial charge in [0.2, 0.25) is 0 Å². The summed E-state index contributed by atoms with van der Waals surface area (Å²) in [6, 6.07) is 79.1. The van der Waals surface area contributed by atoms with E-state index in [2.05, 4.69) is 61.8 Å². The van der Waals surface area contributed by atoms with Crippen LogP contribution < -0.4 is 5.46 Å².